The molecule has 0 saturated heterocycles. The van der Waals surface area contributed by atoms with E-state index in [9.17, 15) is 9.59 Å². The molecule has 2 amide bonds. The Hall–Kier alpha value is -2.44. The number of methoxy groups -OCH3 is 1. The molecule has 6 nitrogen and oxygen atoms in total. The number of hydrogen-bond donors (Lipinski definition) is 2. The second-order valence-electron chi connectivity index (χ2n) is 6.52. The maximum absolute atomic E-state index is 12.7. The molecule has 28 heavy (non-hydrogen) atoms. The summed E-state index contributed by atoms with van der Waals surface area (Å²) in [5, 5.41) is 2.90. The van der Waals surface area contributed by atoms with Crippen LogP contribution in [0.1, 0.15) is 46.4 Å². The van der Waals surface area contributed by atoms with E-state index < -0.39 is 11.8 Å². The van der Waals surface area contributed by atoms with Crippen molar-refractivity contribution in [2.45, 2.75) is 31.8 Å². The molecule has 0 atom stereocenters. The molecule has 1 aliphatic rings. The third-order valence-electron chi connectivity index (χ3n) is 4.59. The van der Waals surface area contributed by atoms with Crippen molar-refractivity contribution in [2.24, 2.45) is 5.73 Å². The lowest BCUT2D eigenvalue weighted by Crippen LogP contribution is -2.16. The van der Waals surface area contributed by atoms with Crippen molar-refractivity contribution in [1.29, 1.82) is 0 Å². The largest absolute Gasteiger partial charge is 0.493 e. The molecule has 0 aromatic heterocycles. The molecule has 0 bridgehead atoms. The molecule has 2 aromatic rings. The maximum Gasteiger partial charge on any atom is 0.255 e. The molecule has 1 saturated carbocycles. The number of nitrogens with two attached hydrogens (primary N) is 1. The van der Waals surface area contributed by atoms with Gasteiger partial charge in [0, 0.05) is 11.1 Å². The first-order valence-electron chi connectivity index (χ1n) is 8.84. The van der Waals surface area contributed by atoms with E-state index in [1.807, 2.05) is 0 Å². The fourth-order valence-corrected chi connectivity index (χ4v) is 3.70. The van der Waals surface area contributed by atoms with E-state index in [1.54, 1.807) is 25.3 Å². The van der Waals surface area contributed by atoms with Gasteiger partial charge in [-0.3, -0.25) is 9.59 Å². The number of carbonyl (C=O) groups is 2. The van der Waals surface area contributed by atoms with Crippen molar-refractivity contribution in [2.75, 3.05) is 12.4 Å². The molecule has 0 heterocycles. The SMILES string of the molecule is COc1ccc(C(=O)Nc2c(Cl)cc(C(N)=O)cc2Cl)cc1OC1CCCC1. The van der Waals surface area contributed by atoms with Crippen LogP contribution in [-0.2, 0) is 0 Å². The van der Waals surface area contributed by atoms with Gasteiger partial charge in [0.05, 0.1) is 28.9 Å². The van der Waals surface area contributed by atoms with E-state index in [0.29, 0.717) is 17.1 Å². The van der Waals surface area contributed by atoms with Crippen LogP contribution in [0.3, 0.4) is 0 Å². The number of benzene rings is 2. The first kappa shape index (κ1) is 20.3. The molecule has 3 rings (SSSR count). The predicted molar refractivity (Wildman–Crippen MR) is 109 cm³/mol. The normalized spacial score (nSPS) is 14.0. The summed E-state index contributed by atoms with van der Waals surface area (Å²) >= 11 is 12.3. The molecule has 3 N–H and O–H groups in total. The molecule has 8 heteroatoms. The van der Waals surface area contributed by atoms with Gasteiger partial charge in [0.2, 0.25) is 5.91 Å². The number of primary amides is 1. The summed E-state index contributed by atoms with van der Waals surface area (Å²) in [7, 11) is 1.55. The van der Waals surface area contributed by atoms with Crippen LogP contribution in [0.25, 0.3) is 0 Å². The summed E-state index contributed by atoms with van der Waals surface area (Å²) in [6.45, 7) is 0. The quantitative estimate of drug-likeness (QED) is 0.706. The van der Waals surface area contributed by atoms with E-state index in [1.165, 1.54) is 12.1 Å². The Bertz CT molecular complexity index is 888. The Kier molecular flexibility index (Phi) is 6.31. The molecule has 0 radical (unpaired) electrons. The number of carbonyl (C=O) groups excluding carboxylic acids is 2. The number of hydrogen-bond acceptors (Lipinski definition) is 4. The topological polar surface area (TPSA) is 90.6 Å². The number of halogens is 2. The van der Waals surface area contributed by atoms with Crippen LogP contribution < -0.4 is 20.5 Å². The molecule has 0 spiro atoms. The van der Waals surface area contributed by atoms with E-state index in [2.05, 4.69) is 5.32 Å². The van der Waals surface area contributed by atoms with E-state index in [4.69, 9.17) is 38.4 Å². The van der Waals surface area contributed by atoms with Crippen LogP contribution in [0, 0.1) is 0 Å². The number of amides is 2. The monoisotopic (exact) mass is 422 g/mol. The van der Waals surface area contributed by atoms with Gasteiger partial charge >= 0.3 is 0 Å². The Morgan fingerprint density at radius 3 is 2.25 bits per heavy atom. The lowest BCUT2D eigenvalue weighted by Gasteiger charge is -2.17. The number of nitrogens with one attached hydrogen (secondary N) is 1. The number of rotatable bonds is 6. The molecule has 1 aliphatic carbocycles. The minimum Gasteiger partial charge on any atom is -0.493 e. The van der Waals surface area contributed by atoms with E-state index >= 15 is 0 Å². The minimum absolute atomic E-state index is 0.116. The van der Waals surface area contributed by atoms with Crippen LogP contribution in [0.4, 0.5) is 5.69 Å². The minimum atomic E-state index is -0.662. The molecule has 0 unspecified atom stereocenters. The summed E-state index contributed by atoms with van der Waals surface area (Å²) in [6.07, 6.45) is 4.35. The highest BCUT2D eigenvalue weighted by Crippen LogP contribution is 2.34. The van der Waals surface area contributed by atoms with E-state index in [0.717, 1.165) is 25.7 Å². The van der Waals surface area contributed by atoms with Gasteiger partial charge in [0.25, 0.3) is 5.91 Å². The van der Waals surface area contributed by atoms with Crippen LogP contribution in [-0.4, -0.2) is 25.0 Å². The second kappa shape index (κ2) is 8.71. The predicted octanol–water partition coefficient (Wildman–Crippen LogP) is 4.67. The van der Waals surface area contributed by atoms with Gasteiger partial charge in [0.1, 0.15) is 0 Å². The lowest BCUT2D eigenvalue weighted by molar-refractivity contribution is 0.0998. The van der Waals surface area contributed by atoms with Gasteiger partial charge in [-0.2, -0.15) is 0 Å². The highest BCUT2D eigenvalue weighted by Gasteiger charge is 2.20. The summed E-state index contributed by atoms with van der Waals surface area (Å²) in [5.74, 6) is -0.00581. The van der Waals surface area contributed by atoms with Crippen LogP contribution in [0.2, 0.25) is 10.0 Å². The summed E-state index contributed by atoms with van der Waals surface area (Å²) < 4.78 is 11.4. The van der Waals surface area contributed by atoms with Crippen molar-refractivity contribution >= 4 is 40.7 Å². The Labute approximate surface area is 172 Å². The van der Waals surface area contributed by atoms with Crippen molar-refractivity contribution in [3.05, 3.63) is 51.5 Å². The average molecular weight is 423 g/mol. The summed E-state index contributed by atoms with van der Waals surface area (Å²) in [5.41, 5.74) is 5.96. The van der Waals surface area contributed by atoms with Gasteiger partial charge in [-0.25, -0.2) is 0 Å². The summed E-state index contributed by atoms with van der Waals surface area (Å²) in [4.78, 5) is 24.0. The standard InChI is InChI=1S/C20H20Cl2N2O4/c1-27-16-7-6-11(10-17(16)28-13-4-2-3-5-13)20(26)24-18-14(21)8-12(19(23)25)9-15(18)22/h6-10,13H,2-5H2,1H3,(H2,23,25)(H,24,26). The van der Waals surface area contributed by atoms with Crippen molar-refractivity contribution in [3.63, 3.8) is 0 Å². The molecular weight excluding hydrogens is 403 g/mol. The first-order valence-corrected chi connectivity index (χ1v) is 9.59. The molecule has 2 aromatic carbocycles. The van der Waals surface area contributed by atoms with Gasteiger partial charge in [-0.15, -0.1) is 0 Å². The van der Waals surface area contributed by atoms with Gasteiger partial charge < -0.3 is 20.5 Å². The molecule has 1 fully saturated rings. The molecule has 148 valence electrons. The highest BCUT2D eigenvalue weighted by molar-refractivity contribution is 6.40. The Morgan fingerprint density at radius 1 is 1.04 bits per heavy atom. The Morgan fingerprint density at radius 2 is 1.68 bits per heavy atom. The van der Waals surface area contributed by atoms with Gasteiger partial charge in [0.15, 0.2) is 11.5 Å². The maximum atomic E-state index is 12.7. The third kappa shape index (κ3) is 4.51. The van der Waals surface area contributed by atoms with Crippen molar-refractivity contribution < 1.29 is 19.1 Å². The zero-order chi connectivity index (χ0) is 20.3. The van der Waals surface area contributed by atoms with Crippen molar-refractivity contribution in [1.82, 2.24) is 0 Å². The second-order valence-corrected chi connectivity index (χ2v) is 7.34. The van der Waals surface area contributed by atoms with Crippen LogP contribution in [0.15, 0.2) is 30.3 Å². The summed E-state index contributed by atoms with van der Waals surface area (Å²) in [6, 6.07) is 7.64. The molecule has 0 aliphatic heterocycles. The highest BCUT2D eigenvalue weighted by atomic mass is 35.5. The van der Waals surface area contributed by atoms with E-state index in [-0.39, 0.29) is 27.4 Å². The molecular formula is C20H20Cl2N2O4. The van der Waals surface area contributed by atoms with Crippen LogP contribution >= 0.6 is 23.2 Å². The fourth-order valence-electron chi connectivity index (χ4n) is 3.12. The zero-order valence-corrected chi connectivity index (χ0v) is 16.8. The third-order valence-corrected chi connectivity index (χ3v) is 5.18. The van der Waals surface area contributed by atoms with Crippen LogP contribution in [0.5, 0.6) is 11.5 Å². The zero-order valence-electron chi connectivity index (χ0n) is 15.3. The average Bonchev–Trinajstić information content (AvgIpc) is 3.17. The number of ether oxygens (including phenoxy) is 2. The first-order chi connectivity index (χ1) is 13.4. The van der Waals surface area contributed by atoms with Gasteiger partial charge in [-0.05, 0) is 56.0 Å². The smallest absolute Gasteiger partial charge is 0.255 e. The van der Waals surface area contributed by atoms with Gasteiger partial charge in [-0.1, -0.05) is 23.2 Å². The fraction of sp³-hybridized carbons (Fsp3) is 0.300. The number of anilines is 1. The lowest BCUT2D eigenvalue weighted by atomic mass is 10.1. The van der Waals surface area contributed by atoms with Crippen molar-refractivity contribution in [3.8, 4) is 11.5 Å². The Balaban J connectivity index is 1.83.